The first kappa shape index (κ1) is 15.5. The van der Waals surface area contributed by atoms with Gasteiger partial charge in [-0.25, -0.2) is 0 Å². The summed E-state index contributed by atoms with van der Waals surface area (Å²) in [4.78, 5) is 0. The minimum absolute atomic E-state index is 0.634. The largest absolute Gasteiger partial charge is 0.347 e. The van der Waals surface area contributed by atoms with Crippen LogP contribution in [0.25, 0.3) is 22.0 Å². The lowest BCUT2D eigenvalue weighted by Crippen LogP contribution is -2.13. The van der Waals surface area contributed by atoms with Crippen LogP contribution in [0.1, 0.15) is 29.2 Å². The van der Waals surface area contributed by atoms with Crippen molar-refractivity contribution < 1.29 is 0 Å². The quantitative estimate of drug-likeness (QED) is 0.415. The van der Waals surface area contributed by atoms with Crippen molar-refractivity contribution in [2.75, 3.05) is 0 Å². The van der Waals surface area contributed by atoms with Gasteiger partial charge >= 0.3 is 0 Å². The molecule has 0 saturated carbocycles. The number of benzene rings is 3. The Kier molecular flexibility index (Phi) is 3.67. The van der Waals surface area contributed by atoms with E-state index in [0.29, 0.717) is 5.92 Å². The van der Waals surface area contributed by atoms with Crippen LogP contribution in [0, 0.1) is 0 Å². The first-order chi connectivity index (χ1) is 12.8. The first-order valence-electron chi connectivity index (χ1n) is 9.52. The van der Waals surface area contributed by atoms with Gasteiger partial charge in [-0.05, 0) is 59.6 Å². The molecule has 0 N–H and O–H groups in total. The molecule has 4 aromatic rings. The van der Waals surface area contributed by atoms with Gasteiger partial charge in [0.05, 0.1) is 0 Å². The van der Waals surface area contributed by atoms with Gasteiger partial charge in [-0.2, -0.15) is 0 Å². The van der Waals surface area contributed by atoms with Crippen LogP contribution in [0.3, 0.4) is 0 Å². The number of fused-ring (bicyclic) bond motifs is 3. The maximum Gasteiger partial charge on any atom is 0.0483 e. The molecule has 0 saturated heterocycles. The number of hydrogen-bond donors (Lipinski definition) is 0. The molecule has 1 nitrogen and oxygen atoms in total. The standard InChI is InChI=1S/C25H23N/c1-26-24-14-12-20(18-8-4-2-5-9-18)16-22(24)23-17-21(13-15-25(23)26)19-10-6-3-7-11-19/h2-12,14,16,21H,13,15,17H2,1H3. The minimum Gasteiger partial charge on any atom is -0.347 e. The van der Waals surface area contributed by atoms with Gasteiger partial charge in [0.1, 0.15) is 0 Å². The van der Waals surface area contributed by atoms with Gasteiger partial charge in [0.2, 0.25) is 0 Å². The van der Waals surface area contributed by atoms with Crippen LogP contribution in [0.2, 0.25) is 0 Å². The third-order valence-corrected chi connectivity index (χ3v) is 5.99. The molecule has 0 bridgehead atoms. The zero-order valence-corrected chi connectivity index (χ0v) is 15.2. The lowest BCUT2D eigenvalue weighted by molar-refractivity contribution is 0.569. The van der Waals surface area contributed by atoms with Gasteiger partial charge < -0.3 is 4.57 Å². The lowest BCUT2D eigenvalue weighted by Gasteiger charge is -2.24. The first-order valence-corrected chi connectivity index (χ1v) is 9.52. The third kappa shape index (κ3) is 2.47. The molecule has 26 heavy (non-hydrogen) atoms. The highest BCUT2D eigenvalue weighted by molar-refractivity contribution is 5.90. The van der Waals surface area contributed by atoms with Crippen LogP contribution in [-0.2, 0) is 19.9 Å². The van der Waals surface area contributed by atoms with Crippen molar-refractivity contribution in [1.82, 2.24) is 4.57 Å². The van der Waals surface area contributed by atoms with Gasteiger partial charge in [0.25, 0.3) is 0 Å². The summed E-state index contributed by atoms with van der Waals surface area (Å²) in [7, 11) is 2.23. The minimum atomic E-state index is 0.634. The van der Waals surface area contributed by atoms with Crippen LogP contribution in [0.15, 0.2) is 78.9 Å². The van der Waals surface area contributed by atoms with Gasteiger partial charge in [-0.15, -0.1) is 0 Å². The van der Waals surface area contributed by atoms with E-state index in [1.54, 1.807) is 5.56 Å². The van der Waals surface area contributed by atoms with Crippen molar-refractivity contribution >= 4 is 10.9 Å². The molecule has 0 amide bonds. The number of nitrogens with zero attached hydrogens (tertiary/aromatic N) is 1. The van der Waals surface area contributed by atoms with Crippen molar-refractivity contribution in [2.45, 2.75) is 25.2 Å². The second-order valence-corrected chi connectivity index (χ2v) is 7.43. The van der Waals surface area contributed by atoms with Gasteiger partial charge in [0.15, 0.2) is 0 Å². The normalized spacial score (nSPS) is 16.6. The average molecular weight is 337 g/mol. The van der Waals surface area contributed by atoms with E-state index in [2.05, 4.69) is 90.5 Å². The molecule has 1 aliphatic carbocycles. The van der Waals surface area contributed by atoms with Crippen LogP contribution in [0.4, 0.5) is 0 Å². The molecule has 1 heteroatoms. The summed E-state index contributed by atoms with van der Waals surface area (Å²) in [6.07, 6.45) is 3.56. The smallest absolute Gasteiger partial charge is 0.0483 e. The second-order valence-electron chi connectivity index (χ2n) is 7.43. The number of aromatic nitrogens is 1. The van der Waals surface area contributed by atoms with Crippen molar-refractivity contribution in [2.24, 2.45) is 7.05 Å². The molecule has 1 heterocycles. The lowest BCUT2D eigenvalue weighted by atomic mass is 9.82. The topological polar surface area (TPSA) is 4.93 Å². The van der Waals surface area contributed by atoms with E-state index in [0.717, 1.165) is 6.42 Å². The van der Waals surface area contributed by atoms with Crippen LogP contribution >= 0.6 is 0 Å². The van der Waals surface area contributed by atoms with Gasteiger partial charge in [-0.3, -0.25) is 0 Å². The Balaban J connectivity index is 1.62. The Morgan fingerprint density at radius 2 is 1.54 bits per heavy atom. The molecular formula is C25H23N. The molecule has 1 aromatic heterocycles. The summed E-state index contributed by atoms with van der Waals surface area (Å²) in [6, 6.07) is 28.7. The Hall–Kier alpha value is -2.80. The molecule has 1 aliphatic rings. The van der Waals surface area contributed by atoms with Gasteiger partial charge in [-0.1, -0.05) is 66.7 Å². The summed E-state index contributed by atoms with van der Waals surface area (Å²) < 4.78 is 2.42. The summed E-state index contributed by atoms with van der Waals surface area (Å²) in [5, 5.41) is 1.43. The molecule has 128 valence electrons. The average Bonchev–Trinajstić information content (AvgIpc) is 3.01. The Morgan fingerprint density at radius 3 is 2.31 bits per heavy atom. The molecule has 0 aliphatic heterocycles. The fraction of sp³-hybridized carbons (Fsp3) is 0.200. The third-order valence-electron chi connectivity index (χ3n) is 5.99. The molecule has 5 rings (SSSR count). The predicted octanol–water partition coefficient (Wildman–Crippen LogP) is 6.12. The Bertz CT molecular complexity index is 1060. The fourth-order valence-electron chi connectivity index (χ4n) is 4.60. The van der Waals surface area contributed by atoms with Crippen molar-refractivity contribution in [3.8, 4) is 11.1 Å². The maximum atomic E-state index is 2.42. The molecule has 1 atom stereocenters. The van der Waals surface area contributed by atoms with Crippen LogP contribution in [0.5, 0.6) is 0 Å². The van der Waals surface area contributed by atoms with Gasteiger partial charge in [0, 0.05) is 23.6 Å². The van der Waals surface area contributed by atoms with Crippen molar-refractivity contribution in [1.29, 1.82) is 0 Å². The monoisotopic (exact) mass is 337 g/mol. The SMILES string of the molecule is Cn1c2c(c3cc(-c4ccccc4)ccc31)CC(c1ccccc1)CC2. The molecular weight excluding hydrogens is 314 g/mol. The Labute approximate surface area is 154 Å². The van der Waals surface area contributed by atoms with E-state index in [4.69, 9.17) is 0 Å². The number of aryl methyl sites for hydroxylation is 1. The maximum absolute atomic E-state index is 2.42. The van der Waals surface area contributed by atoms with E-state index < -0.39 is 0 Å². The zero-order chi connectivity index (χ0) is 17.5. The molecule has 3 aromatic carbocycles. The van der Waals surface area contributed by atoms with E-state index in [9.17, 15) is 0 Å². The van der Waals surface area contributed by atoms with Crippen molar-refractivity contribution in [3.05, 3.63) is 95.7 Å². The van der Waals surface area contributed by atoms with E-state index in [-0.39, 0.29) is 0 Å². The molecule has 1 unspecified atom stereocenters. The zero-order valence-electron chi connectivity index (χ0n) is 15.2. The summed E-state index contributed by atoms with van der Waals surface area (Å²) >= 11 is 0. The van der Waals surface area contributed by atoms with E-state index in [1.165, 1.54) is 46.1 Å². The Morgan fingerprint density at radius 1 is 0.808 bits per heavy atom. The molecule has 0 spiro atoms. The highest BCUT2D eigenvalue weighted by Crippen LogP contribution is 2.39. The molecule has 0 radical (unpaired) electrons. The predicted molar refractivity (Wildman–Crippen MR) is 110 cm³/mol. The number of hydrogen-bond acceptors (Lipinski definition) is 0. The van der Waals surface area contributed by atoms with Crippen LogP contribution in [-0.4, -0.2) is 4.57 Å². The fourth-order valence-corrected chi connectivity index (χ4v) is 4.60. The van der Waals surface area contributed by atoms with Crippen LogP contribution < -0.4 is 0 Å². The molecule has 0 fully saturated rings. The highest BCUT2D eigenvalue weighted by atomic mass is 15.0. The van der Waals surface area contributed by atoms with Crippen molar-refractivity contribution in [3.63, 3.8) is 0 Å². The highest BCUT2D eigenvalue weighted by Gasteiger charge is 2.25. The second kappa shape index (κ2) is 6.17. The summed E-state index contributed by atoms with van der Waals surface area (Å²) in [6.45, 7) is 0. The van der Waals surface area contributed by atoms with E-state index >= 15 is 0 Å². The summed E-state index contributed by atoms with van der Waals surface area (Å²) in [5.74, 6) is 0.634. The summed E-state index contributed by atoms with van der Waals surface area (Å²) in [5.41, 5.74) is 8.53. The number of rotatable bonds is 2. The van der Waals surface area contributed by atoms with E-state index in [1.807, 2.05) is 0 Å².